The fourth-order valence-corrected chi connectivity index (χ4v) is 8.80. The highest BCUT2D eigenvalue weighted by Crippen LogP contribution is 2.37. The minimum Gasteiger partial charge on any atom is -0.370 e. The summed E-state index contributed by atoms with van der Waals surface area (Å²) in [4.78, 5) is 4.14. The van der Waals surface area contributed by atoms with Crippen LogP contribution in [0, 0.1) is 35.5 Å². The number of hydrogen-bond acceptors (Lipinski definition) is 3. The normalized spacial score (nSPS) is 28.3. The Morgan fingerprint density at radius 2 is 1.66 bits per heavy atom. The van der Waals surface area contributed by atoms with Crippen molar-refractivity contribution in [2.24, 2.45) is 52.0 Å². The Morgan fingerprint density at radius 3 is 2.37 bits per heavy atom. The topological polar surface area (TPSA) is 64.4 Å². The zero-order valence-electron chi connectivity index (χ0n) is 26.4. The van der Waals surface area contributed by atoms with Crippen molar-refractivity contribution in [1.82, 2.24) is 0 Å². The molecule has 0 saturated heterocycles. The van der Waals surface area contributed by atoms with Crippen LogP contribution in [-0.4, -0.2) is 23.5 Å². The van der Waals surface area contributed by atoms with E-state index in [1.54, 1.807) is 5.57 Å². The van der Waals surface area contributed by atoms with Crippen molar-refractivity contribution in [1.29, 1.82) is 0 Å². The number of guanidine groups is 1. The Labute approximate surface area is 246 Å². The number of aliphatic imine (C=N–C) groups is 1. The first-order valence-electron chi connectivity index (χ1n) is 16.1. The molecule has 5 heteroatoms. The molecule has 0 aromatic rings. The molecule has 0 bridgehead atoms. The first-order chi connectivity index (χ1) is 18.1. The molecule has 4 N–H and O–H groups in total. The van der Waals surface area contributed by atoms with Gasteiger partial charge in [-0.15, -0.1) is 0 Å². The third kappa shape index (κ3) is 18.1. The van der Waals surface area contributed by atoms with Crippen LogP contribution in [0.25, 0.3) is 0 Å². The summed E-state index contributed by atoms with van der Waals surface area (Å²) in [5.41, 5.74) is 12.5. The lowest BCUT2D eigenvalue weighted by Crippen LogP contribution is -2.23. The van der Waals surface area contributed by atoms with Crippen LogP contribution in [-0.2, 0) is 0 Å². The molecule has 1 aliphatic rings. The first kappa shape index (κ1) is 35.7. The van der Waals surface area contributed by atoms with Gasteiger partial charge in [0.2, 0.25) is 0 Å². The van der Waals surface area contributed by atoms with Crippen molar-refractivity contribution >= 4 is 27.5 Å². The predicted molar refractivity (Wildman–Crippen MR) is 178 cm³/mol. The maximum Gasteiger partial charge on any atom is 0.185 e. The zero-order valence-corrected chi connectivity index (χ0v) is 28.0. The van der Waals surface area contributed by atoms with E-state index in [1.807, 2.05) is 10.8 Å². The van der Waals surface area contributed by atoms with Gasteiger partial charge >= 0.3 is 0 Å². The van der Waals surface area contributed by atoms with Gasteiger partial charge in [0.05, 0.1) is 6.54 Å². The lowest BCUT2D eigenvalue weighted by atomic mass is 9.75. The highest BCUT2D eigenvalue weighted by Gasteiger charge is 2.24. The first-order valence-corrected chi connectivity index (χ1v) is 18.5. The molecule has 1 rings (SSSR count). The van der Waals surface area contributed by atoms with Crippen LogP contribution in [0.3, 0.4) is 0 Å². The molecule has 0 aliphatic heterocycles. The van der Waals surface area contributed by atoms with Gasteiger partial charge in [0, 0.05) is 11.0 Å². The van der Waals surface area contributed by atoms with E-state index >= 15 is 0 Å². The molecule has 38 heavy (non-hydrogen) atoms. The average Bonchev–Trinajstić information content (AvgIpc) is 2.85. The van der Waals surface area contributed by atoms with E-state index in [9.17, 15) is 0 Å². The van der Waals surface area contributed by atoms with Crippen LogP contribution in [0.4, 0.5) is 0 Å². The number of unbranched alkanes of at least 4 members (excludes halogenated alkanes) is 1. The molecular weight excluding hydrogens is 503 g/mol. The van der Waals surface area contributed by atoms with E-state index < -0.39 is 0 Å². The number of nitrogens with zero attached hydrogens (tertiary/aromatic N) is 1. The van der Waals surface area contributed by atoms with E-state index in [1.165, 1.54) is 89.9 Å². The lowest BCUT2D eigenvalue weighted by molar-refractivity contribution is 0.207. The Balaban J connectivity index is 2.67. The van der Waals surface area contributed by atoms with Crippen LogP contribution >= 0.6 is 21.6 Å². The summed E-state index contributed by atoms with van der Waals surface area (Å²) < 4.78 is 0. The van der Waals surface area contributed by atoms with Crippen LogP contribution in [0.2, 0.25) is 0 Å². The SMILES string of the molecule is C/C1=C\CC(C)C(CCCC(C)CCCCC(C)C)C(C)CCC(C)CCCC(SSCCN=C(N)N)C1. The van der Waals surface area contributed by atoms with Crippen LogP contribution in [0.15, 0.2) is 16.6 Å². The molecule has 3 nitrogen and oxygen atoms in total. The van der Waals surface area contributed by atoms with E-state index in [0.29, 0.717) is 11.8 Å². The van der Waals surface area contributed by atoms with E-state index in [4.69, 9.17) is 11.5 Å². The highest BCUT2D eigenvalue weighted by atomic mass is 33.1. The second kappa shape index (κ2) is 21.5. The fraction of sp³-hybridized carbons (Fsp3) is 0.909. The summed E-state index contributed by atoms with van der Waals surface area (Å²) in [6, 6.07) is 0. The highest BCUT2D eigenvalue weighted by molar-refractivity contribution is 8.76. The Hall–Kier alpha value is -0.290. The molecular formula is C33H65N3S2. The van der Waals surface area contributed by atoms with Crippen LogP contribution < -0.4 is 11.5 Å². The van der Waals surface area contributed by atoms with Crippen LogP contribution in [0.1, 0.15) is 138 Å². The molecule has 0 aromatic heterocycles. The molecule has 0 aromatic carbocycles. The molecule has 0 spiro atoms. The molecule has 0 saturated carbocycles. The molecule has 6 unspecified atom stereocenters. The minimum atomic E-state index is 0.203. The number of hydrogen-bond donors (Lipinski definition) is 2. The standard InChI is InChI=1S/C33H65N3S2/c1-25(2)12-8-9-13-26(3)15-11-17-32-29(6)20-18-27(4)14-10-16-31(24-28(5)19-21-30(32)7)38-37-23-22-36-33(34)35/h19,25-27,29-32H,8-18,20-24H2,1-7H3,(H4,34,35,36)/b28-19+. The number of rotatable bonds is 14. The van der Waals surface area contributed by atoms with Gasteiger partial charge in [0.15, 0.2) is 5.96 Å². The third-order valence-corrected chi connectivity index (χ3v) is 11.7. The van der Waals surface area contributed by atoms with E-state index in [-0.39, 0.29) is 5.96 Å². The molecule has 0 heterocycles. The summed E-state index contributed by atoms with van der Waals surface area (Å²) in [5, 5.41) is 0.692. The monoisotopic (exact) mass is 567 g/mol. The number of nitrogens with two attached hydrogens (primary N) is 2. The molecule has 224 valence electrons. The quantitative estimate of drug-likeness (QED) is 0.0720. The summed E-state index contributed by atoms with van der Waals surface area (Å²) >= 11 is 0. The fourth-order valence-electron chi connectivity index (χ4n) is 6.17. The average molecular weight is 568 g/mol. The second-order valence-electron chi connectivity index (χ2n) is 13.3. The molecule has 0 amide bonds. The summed E-state index contributed by atoms with van der Waals surface area (Å²) in [7, 11) is 4.00. The van der Waals surface area contributed by atoms with Crippen molar-refractivity contribution < 1.29 is 0 Å². The van der Waals surface area contributed by atoms with E-state index in [0.717, 1.165) is 41.3 Å². The number of allylic oxidation sites excluding steroid dienone is 2. The van der Waals surface area contributed by atoms with Gasteiger partial charge in [-0.25, -0.2) is 0 Å². The van der Waals surface area contributed by atoms with Crippen molar-refractivity contribution in [2.45, 2.75) is 144 Å². The summed E-state index contributed by atoms with van der Waals surface area (Å²) in [5.74, 6) is 6.25. The lowest BCUT2D eigenvalue weighted by Gasteiger charge is -2.31. The maximum atomic E-state index is 5.47. The van der Waals surface area contributed by atoms with Gasteiger partial charge in [0.25, 0.3) is 0 Å². The molecule has 0 fully saturated rings. The van der Waals surface area contributed by atoms with Gasteiger partial charge in [0.1, 0.15) is 0 Å². The van der Waals surface area contributed by atoms with Crippen LogP contribution in [0.5, 0.6) is 0 Å². The van der Waals surface area contributed by atoms with Gasteiger partial charge in [-0.3, -0.25) is 4.99 Å². The third-order valence-electron chi connectivity index (χ3n) is 8.82. The van der Waals surface area contributed by atoms with Crippen molar-refractivity contribution in [3.05, 3.63) is 11.6 Å². The van der Waals surface area contributed by atoms with E-state index in [2.05, 4.69) is 70.3 Å². The Kier molecular flexibility index (Phi) is 20.2. The second-order valence-corrected chi connectivity index (χ2v) is 16.1. The van der Waals surface area contributed by atoms with Crippen molar-refractivity contribution in [3.8, 4) is 0 Å². The smallest absolute Gasteiger partial charge is 0.185 e. The Morgan fingerprint density at radius 1 is 0.947 bits per heavy atom. The van der Waals surface area contributed by atoms with Gasteiger partial charge in [-0.1, -0.05) is 139 Å². The predicted octanol–water partition coefficient (Wildman–Crippen LogP) is 10.2. The minimum absolute atomic E-state index is 0.203. The summed E-state index contributed by atoms with van der Waals surface area (Å²) in [6.07, 6.45) is 21.8. The largest absolute Gasteiger partial charge is 0.370 e. The molecule has 0 radical (unpaired) electrons. The molecule has 6 atom stereocenters. The zero-order chi connectivity index (χ0) is 28.3. The Bertz CT molecular complexity index is 644. The van der Waals surface area contributed by atoms with Gasteiger partial charge < -0.3 is 11.5 Å². The van der Waals surface area contributed by atoms with Gasteiger partial charge in [-0.05, 0) is 68.1 Å². The van der Waals surface area contributed by atoms with Crippen molar-refractivity contribution in [2.75, 3.05) is 12.3 Å². The summed E-state index contributed by atoms with van der Waals surface area (Å²) in [6.45, 7) is 17.9. The molecule has 1 aliphatic carbocycles. The van der Waals surface area contributed by atoms with Crippen molar-refractivity contribution in [3.63, 3.8) is 0 Å². The van der Waals surface area contributed by atoms with Gasteiger partial charge in [-0.2, -0.15) is 0 Å². The maximum absolute atomic E-state index is 5.47.